The molecule has 0 radical (unpaired) electrons. The van der Waals surface area contributed by atoms with Crippen LogP contribution >= 0.6 is 11.3 Å². The highest BCUT2D eigenvalue weighted by molar-refractivity contribution is 7.12. The van der Waals surface area contributed by atoms with Gasteiger partial charge in [0.25, 0.3) is 5.91 Å². The van der Waals surface area contributed by atoms with Crippen LogP contribution in [0.1, 0.15) is 34.5 Å². The molecule has 3 heterocycles. The Morgan fingerprint density at radius 1 is 1.22 bits per heavy atom. The Morgan fingerprint density at radius 3 is 2.75 bits per heavy atom. The minimum Gasteiger partial charge on any atom is -0.377 e. The van der Waals surface area contributed by atoms with Crippen LogP contribution in [0.2, 0.25) is 0 Å². The topological polar surface area (TPSA) is 87.9 Å². The maximum Gasteiger partial charge on any atom is 0.264 e. The normalized spacial score (nSPS) is 23.1. The first-order valence-corrected chi connectivity index (χ1v) is 12.3. The molecule has 7 nitrogen and oxygen atoms in total. The van der Waals surface area contributed by atoms with Crippen LogP contribution in [0.3, 0.4) is 0 Å². The Bertz CT molecular complexity index is 871. The second-order valence-corrected chi connectivity index (χ2v) is 9.42. The first-order chi connectivity index (χ1) is 15.7. The molecule has 3 N–H and O–H groups in total. The molecule has 2 amide bonds. The zero-order chi connectivity index (χ0) is 22.3. The largest absolute Gasteiger partial charge is 0.377 e. The van der Waals surface area contributed by atoms with Crippen molar-refractivity contribution in [2.45, 2.75) is 44.0 Å². The lowest BCUT2D eigenvalue weighted by Gasteiger charge is -2.31. The zero-order valence-corrected chi connectivity index (χ0v) is 19.1. The molecule has 0 aliphatic carbocycles. The predicted molar refractivity (Wildman–Crippen MR) is 125 cm³/mol. The number of benzene rings is 1. The SMILES string of the molecule is NCCNC(=O)C1CC(N(Cc2ccccc2)CC2CCCO2)CN1C(=O)c1cccs1. The Labute approximate surface area is 193 Å². The van der Waals surface area contributed by atoms with Crippen LogP contribution in [-0.2, 0) is 16.1 Å². The predicted octanol–water partition coefficient (Wildman–Crippen LogP) is 2.09. The zero-order valence-electron chi connectivity index (χ0n) is 18.3. The van der Waals surface area contributed by atoms with Crippen molar-refractivity contribution in [1.82, 2.24) is 15.1 Å². The number of carbonyl (C=O) groups is 2. The van der Waals surface area contributed by atoms with E-state index in [1.807, 2.05) is 35.7 Å². The van der Waals surface area contributed by atoms with Crippen molar-refractivity contribution in [3.8, 4) is 0 Å². The number of nitrogens with two attached hydrogens (primary N) is 1. The average Bonchev–Trinajstić information content (AvgIpc) is 3.59. The molecule has 0 spiro atoms. The second kappa shape index (κ2) is 11.0. The van der Waals surface area contributed by atoms with Gasteiger partial charge in [0.05, 0.1) is 11.0 Å². The first kappa shape index (κ1) is 22.9. The highest BCUT2D eigenvalue weighted by Gasteiger charge is 2.42. The van der Waals surface area contributed by atoms with Gasteiger partial charge in [0, 0.05) is 45.4 Å². The van der Waals surface area contributed by atoms with E-state index >= 15 is 0 Å². The number of nitrogens with zero attached hydrogens (tertiary/aromatic N) is 2. The lowest BCUT2D eigenvalue weighted by atomic mass is 10.1. The number of hydrogen-bond acceptors (Lipinski definition) is 6. The summed E-state index contributed by atoms with van der Waals surface area (Å²) in [6.45, 7) is 3.68. The van der Waals surface area contributed by atoms with E-state index in [0.29, 0.717) is 30.9 Å². The minimum absolute atomic E-state index is 0.0767. The number of thiophene rings is 1. The Kier molecular flexibility index (Phi) is 7.91. The molecular formula is C24H32N4O3S. The van der Waals surface area contributed by atoms with Crippen molar-refractivity contribution >= 4 is 23.2 Å². The molecule has 0 bridgehead atoms. The van der Waals surface area contributed by atoms with E-state index in [1.165, 1.54) is 16.9 Å². The summed E-state index contributed by atoms with van der Waals surface area (Å²) in [6, 6.07) is 13.6. The van der Waals surface area contributed by atoms with Gasteiger partial charge in [-0.1, -0.05) is 36.4 Å². The molecule has 2 aliphatic heterocycles. The molecule has 2 aromatic rings. The van der Waals surface area contributed by atoms with Crippen LogP contribution in [0.15, 0.2) is 47.8 Å². The molecule has 2 aliphatic rings. The molecule has 1 aromatic carbocycles. The van der Waals surface area contributed by atoms with Gasteiger partial charge in [-0.25, -0.2) is 0 Å². The van der Waals surface area contributed by atoms with E-state index in [-0.39, 0.29) is 24.0 Å². The van der Waals surface area contributed by atoms with E-state index in [1.54, 1.807) is 4.90 Å². The van der Waals surface area contributed by atoms with E-state index < -0.39 is 6.04 Å². The summed E-state index contributed by atoms with van der Waals surface area (Å²) >= 11 is 1.41. The molecule has 3 atom stereocenters. The number of carbonyl (C=O) groups excluding carboxylic acids is 2. The third-order valence-corrected chi connectivity index (χ3v) is 7.08. The number of rotatable bonds is 9. The molecule has 0 saturated carbocycles. The molecule has 172 valence electrons. The molecular weight excluding hydrogens is 424 g/mol. The van der Waals surface area contributed by atoms with Crippen LogP contribution in [0.4, 0.5) is 0 Å². The van der Waals surface area contributed by atoms with Crippen molar-refractivity contribution in [2.75, 3.05) is 32.8 Å². The molecule has 32 heavy (non-hydrogen) atoms. The highest BCUT2D eigenvalue weighted by Crippen LogP contribution is 2.28. The first-order valence-electron chi connectivity index (χ1n) is 11.4. The third-order valence-electron chi connectivity index (χ3n) is 6.23. The summed E-state index contributed by atoms with van der Waals surface area (Å²) in [5.41, 5.74) is 6.80. The number of hydrogen-bond donors (Lipinski definition) is 2. The maximum atomic E-state index is 13.3. The van der Waals surface area contributed by atoms with Crippen molar-refractivity contribution < 1.29 is 14.3 Å². The van der Waals surface area contributed by atoms with E-state index in [9.17, 15) is 9.59 Å². The summed E-state index contributed by atoms with van der Waals surface area (Å²) in [4.78, 5) is 31.0. The van der Waals surface area contributed by atoms with E-state index in [2.05, 4.69) is 22.3 Å². The summed E-state index contributed by atoms with van der Waals surface area (Å²) in [5, 5.41) is 4.78. The van der Waals surface area contributed by atoms with Gasteiger partial charge < -0.3 is 20.7 Å². The monoisotopic (exact) mass is 456 g/mol. The van der Waals surface area contributed by atoms with Crippen molar-refractivity contribution in [1.29, 1.82) is 0 Å². The molecule has 3 unspecified atom stereocenters. The Morgan fingerprint density at radius 2 is 2.06 bits per heavy atom. The summed E-state index contributed by atoms with van der Waals surface area (Å²) in [5.74, 6) is -0.202. The third kappa shape index (κ3) is 5.56. The van der Waals surface area contributed by atoms with Crippen molar-refractivity contribution in [3.05, 3.63) is 58.3 Å². The highest BCUT2D eigenvalue weighted by atomic mass is 32.1. The van der Waals surface area contributed by atoms with Crippen molar-refractivity contribution in [2.24, 2.45) is 5.73 Å². The fourth-order valence-corrected chi connectivity index (χ4v) is 5.30. The maximum absolute atomic E-state index is 13.3. The fraction of sp³-hybridized carbons (Fsp3) is 0.500. The number of amides is 2. The van der Waals surface area contributed by atoms with Crippen LogP contribution in [0.5, 0.6) is 0 Å². The van der Waals surface area contributed by atoms with Gasteiger partial charge in [0.2, 0.25) is 5.91 Å². The van der Waals surface area contributed by atoms with E-state index in [4.69, 9.17) is 10.5 Å². The van der Waals surface area contributed by atoms with Gasteiger partial charge in [-0.2, -0.15) is 0 Å². The van der Waals surface area contributed by atoms with Gasteiger partial charge in [-0.15, -0.1) is 11.3 Å². The Hall–Kier alpha value is -2.26. The molecule has 4 rings (SSSR count). The van der Waals surface area contributed by atoms with Crippen LogP contribution in [0, 0.1) is 0 Å². The number of likely N-dealkylation sites (tertiary alicyclic amines) is 1. The Balaban J connectivity index is 1.55. The second-order valence-electron chi connectivity index (χ2n) is 8.47. The smallest absolute Gasteiger partial charge is 0.264 e. The molecule has 8 heteroatoms. The van der Waals surface area contributed by atoms with Crippen LogP contribution < -0.4 is 11.1 Å². The standard InChI is InChI=1S/C24H32N4O3S/c25-10-11-26-23(29)21-14-19(16-28(21)24(30)22-9-5-13-32-22)27(17-20-8-4-12-31-20)15-18-6-2-1-3-7-18/h1-3,5-7,9,13,19-21H,4,8,10-12,14-17,25H2,(H,26,29). The van der Waals surface area contributed by atoms with E-state index in [0.717, 1.165) is 32.5 Å². The van der Waals surface area contributed by atoms with Crippen LogP contribution in [0.25, 0.3) is 0 Å². The van der Waals surface area contributed by atoms with Gasteiger partial charge in [0.15, 0.2) is 0 Å². The van der Waals surface area contributed by atoms with Gasteiger partial charge in [-0.3, -0.25) is 14.5 Å². The molecule has 2 saturated heterocycles. The molecule has 1 aromatic heterocycles. The van der Waals surface area contributed by atoms with Gasteiger partial charge in [0.1, 0.15) is 6.04 Å². The lowest BCUT2D eigenvalue weighted by Crippen LogP contribution is -2.46. The fourth-order valence-electron chi connectivity index (χ4n) is 4.62. The average molecular weight is 457 g/mol. The van der Waals surface area contributed by atoms with Crippen molar-refractivity contribution in [3.63, 3.8) is 0 Å². The van der Waals surface area contributed by atoms with Crippen LogP contribution in [-0.4, -0.2) is 72.6 Å². The summed E-state index contributed by atoms with van der Waals surface area (Å²) in [6.07, 6.45) is 2.94. The lowest BCUT2D eigenvalue weighted by molar-refractivity contribution is -0.124. The van der Waals surface area contributed by atoms with Gasteiger partial charge >= 0.3 is 0 Å². The van der Waals surface area contributed by atoms with Gasteiger partial charge in [-0.05, 0) is 36.3 Å². The quantitative estimate of drug-likeness (QED) is 0.603. The number of ether oxygens (including phenoxy) is 1. The minimum atomic E-state index is -0.496. The molecule has 2 fully saturated rings. The number of nitrogens with one attached hydrogen (secondary N) is 1. The summed E-state index contributed by atoms with van der Waals surface area (Å²) < 4.78 is 5.93. The summed E-state index contributed by atoms with van der Waals surface area (Å²) in [7, 11) is 0.